The second kappa shape index (κ2) is 2.72. The van der Waals surface area contributed by atoms with Crippen LogP contribution in [0, 0.1) is 0 Å². The molecule has 0 spiro atoms. The van der Waals surface area contributed by atoms with E-state index in [1.165, 1.54) is 4.90 Å². The van der Waals surface area contributed by atoms with Gasteiger partial charge in [-0.3, -0.25) is 4.79 Å². The Bertz CT molecular complexity index is 378. The van der Waals surface area contributed by atoms with Gasteiger partial charge < -0.3 is 10.0 Å². The molecule has 0 saturated heterocycles. The number of benzene rings is 1. The molecule has 1 atom stereocenters. The molecule has 1 heterocycles. The molecule has 0 aliphatic carbocycles. The molecule has 1 aliphatic rings. The topological polar surface area (TPSA) is 40.5 Å². The van der Waals surface area contributed by atoms with Crippen LogP contribution in [0.15, 0.2) is 18.2 Å². The molecule has 0 fully saturated rings. The van der Waals surface area contributed by atoms with E-state index in [4.69, 9.17) is 11.6 Å². The van der Waals surface area contributed by atoms with Gasteiger partial charge in [-0.2, -0.15) is 0 Å². The van der Waals surface area contributed by atoms with Crippen LogP contribution in [0.25, 0.3) is 0 Å². The van der Waals surface area contributed by atoms with Gasteiger partial charge in [0.1, 0.15) is 0 Å². The number of amides is 1. The van der Waals surface area contributed by atoms with Gasteiger partial charge in [0.2, 0.25) is 0 Å². The highest BCUT2D eigenvalue weighted by atomic mass is 35.5. The summed E-state index contributed by atoms with van der Waals surface area (Å²) in [5, 5.41) is 9.99. The van der Waals surface area contributed by atoms with Crippen LogP contribution in [0.4, 0.5) is 0 Å². The third-order valence-corrected chi connectivity index (χ3v) is 2.54. The number of halogens is 1. The minimum Gasteiger partial charge on any atom is -0.369 e. The quantitative estimate of drug-likeness (QED) is 0.684. The number of aliphatic hydroxyl groups is 1. The van der Waals surface area contributed by atoms with Crippen LogP contribution in [0.3, 0.4) is 0 Å². The summed E-state index contributed by atoms with van der Waals surface area (Å²) in [4.78, 5) is 12.8. The van der Waals surface area contributed by atoms with Gasteiger partial charge in [0.25, 0.3) is 5.91 Å². The van der Waals surface area contributed by atoms with Gasteiger partial charge >= 0.3 is 0 Å². The fraction of sp³-hybridized carbons (Fsp3) is 0.222. The number of aliphatic hydroxyl groups excluding tert-OH is 1. The summed E-state index contributed by atoms with van der Waals surface area (Å²) in [5.74, 6) is -0.229. The highest BCUT2D eigenvalue weighted by Crippen LogP contribution is 2.34. The van der Waals surface area contributed by atoms with Crippen LogP contribution in [-0.2, 0) is 0 Å². The first-order valence-corrected chi connectivity index (χ1v) is 4.24. The Hall–Kier alpha value is -1.06. The van der Waals surface area contributed by atoms with Gasteiger partial charge in [-0.05, 0) is 6.07 Å². The number of rotatable bonds is 0. The summed E-state index contributed by atoms with van der Waals surface area (Å²) in [6.45, 7) is 0. The van der Waals surface area contributed by atoms with Gasteiger partial charge in [0.05, 0.1) is 10.6 Å². The standard InChI is InChI=1S/C9H8ClNO2/c1-11-8(12)5-3-2-4-6(10)7(5)9(11)13/h2-4,8,12H,1H3. The minimum atomic E-state index is -0.860. The summed E-state index contributed by atoms with van der Waals surface area (Å²) in [6, 6.07) is 5.06. The fourth-order valence-corrected chi connectivity index (χ4v) is 1.74. The highest BCUT2D eigenvalue weighted by Gasteiger charge is 2.34. The van der Waals surface area contributed by atoms with E-state index in [9.17, 15) is 9.90 Å². The number of carbonyl (C=O) groups excluding carboxylic acids is 1. The Kier molecular flexibility index (Phi) is 1.78. The van der Waals surface area contributed by atoms with Crippen molar-refractivity contribution in [3.63, 3.8) is 0 Å². The molecule has 68 valence electrons. The summed E-state index contributed by atoms with van der Waals surface area (Å²) < 4.78 is 0. The van der Waals surface area contributed by atoms with Crippen molar-refractivity contribution >= 4 is 17.5 Å². The molecule has 2 rings (SSSR count). The predicted molar refractivity (Wildman–Crippen MR) is 48.5 cm³/mol. The van der Waals surface area contributed by atoms with E-state index < -0.39 is 6.23 Å². The number of hydrogen-bond acceptors (Lipinski definition) is 2. The number of hydrogen-bond donors (Lipinski definition) is 1. The molecule has 1 aliphatic heterocycles. The lowest BCUT2D eigenvalue weighted by atomic mass is 10.1. The molecule has 1 unspecified atom stereocenters. The average Bonchev–Trinajstić information content (AvgIpc) is 2.33. The summed E-state index contributed by atoms with van der Waals surface area (Å²) in [6.07, 6.45) is -0.860. The van der Waals surface area contributed by atoms with Crippen molar-refractivity contribution in [3.05, 3.63) is 34.3 Å². The number of carbonyl (C=O) groups is 1. The maximum Gasteiger partial charge on any atom is 0.257 e. The van der Waals surface area contributed by atoms with Gasteiger partial charge in [-0.25, -0.2) is 0 Å². The lowest BCUT2D eigenvalue weighted by Gasteiger charge is -2.13. The molecule has 0 radical (unpaired) electrons. The van der Waals surface area contributed by atoms with Gasteiger partial charge in [0, 0.05) is 12.6 Å². The Morgan fingerprint density at radius 2 is 2.23 bits per heavy atom. The van der Waals surface area contributed by atoms with Crippen LogP contribution in [0.1, 0.15) is 22.1 Å². The van der Waals surface area contributed by atoms with E-state index in [0.717, 1.165) is 0 Å². The molecule has 1 aromatic rings. The van der Waals surface area contributed by atoms with Crippen molar-refractivity contribution in [2.24, 2.45) is 0 Å². The van der Waals surface area contributed by atoms with Crippen molar-refractivity contribution in [2.75, 3.05) is 7.05 Å². The molecule has 3 nitrogen and oxygen atoms in total. The van der Waals surface area contributed by atoms with Crippen LogP contribution >= 0.6 is 11.6 Å². The molecule has 1 amide bonds. The SMILES string of the molecule is CN1C(=O)c2c(Cl)cccc2C1O. The maximum absolute atomic E-state index is 11.5. The maximum atomic E-state index is 11.5. The van der Waals surface area contributed by atoms with Crippen molar-refractivity contribution in [2.45, 2.75) is 6.23 Å². The first-order chi connectivity index (χ1) is 6.13. The zero-order valence-corrected chi connectivity index (χ0v) is 7.75. The van der Waals surface area contributed by atoms with Crippen LogP contribution < -0.4 is 0 Å². The van der Waals surface area contributed by atoms with Crippen LogP contribution in [0.5, 0.6) is 0 Å². The lowest BCUT2D eigenvalue weighted by molar-refractivity contribution is 0.0302. The summed E-state index contributed by atoms with van der Waals surface area (Å²) >= 11 is 5.84. The second-order valence-corrected chi connectivity index (χ2v) is 3.40. The first-order valence-electron chi connectivity index (χ1n) is 3.86. The zero-order valence-electron chi connectivity index (χ0n) is 6.99. The third-order valence-electron chi connectivity index (χ3n) is 2.23. The van der Waals surface area contributed by atoms with E-state index >= 15 is 0 Å². The largest absolute Gasteiger partial charge is 0.369 e. The molecular formula is C9H8ClNO2. The molecule has 1 N–H and O–H groups in total. The molecule has 0 saturated carbocycles. The van der Waals surface area contributed by atoms with Crippen molar-refractivity contribution in [1.29, 1.82) is 0 Å². The van der Waals surface area contributed by atoms with E-state index in [-0.39, 0.29) is 5.91 Å². The lowest BCUT2D eigenvalue weighted by Crippen LogP contribution is -2.22. The Morgan fingerprint density at radius 1 is 1.54 bits per heavy atom. The first kappa shape index (κ1) is 8.53. The smallest absolute Gasteiger partial charge is 0.257 e. The fourth-order valence-electron chi connectivity index (χ4n) is 1.48. The van der Waals surface area contributed by atoms with Crippen LogP contribution in [-0.4, -0.2) is 23.0 Å². The third kappa shape index (κ3) is 1.04. The molecule has 13 heavy (non-hydrogen) atoms. The summed E-state index contributed by atoms with van der Waals surface area (Å²) in [7, 11) is 1.54. The molecular weight excluding hydrogens is 190 g/mol. The highest BCUT2D eigenvalue weighted by molar-refractivity contribution is 6.34. The van der Waals surface area contributed by atoms with Crippen molar-refractivity contribution < 1.29 is 9.90 Å². The zero-order chi connectivity index (χ0) is 9.59. The Morgan fingerprint density at radius 3 is 2.85 bits per heavy atom. The van der Waals surface area contributed by atoms with Crippen molar-refractivity contribution in [1.82, 2.24) is 4.90 Å². The van der Waals surface area contributed by atoms with Crippen molar-refractivity contribution in [3.8, 4) is 0 Å². The molecule has 0 bridgehead atoms. The van der Waals surface area contributed by atoms with E-state index in [2.05, 4.69) is 0 Å². The summed E-state index contributed by atoms with van der Waals surface area (Å²) in [5.41, 5.74) is 0.999. The van der Waals surface area contributed by atoms with Crippen LogP contribution in [0.2, 0.25) is 5.02 Å². The van der Waals surface area contributed by atoms with Gasteiger partial charge in [-0.1, -0.05) is 23.7 Å². The van der Waals surface area contributed by atoms with Gasteiger partial charge in [-0.15, -0.1) is 0 Å². The molecule has 1 aromatic carbocycles. The number of fused-ring (bicyclic) bond motifs is 1. The van der Waals surface area contributed by atoms with E-state index in [1.54, 1.807) is 25.2 Å². The van der Waals surface area contributed by atoms with E-state index in [1.807, 2.05) is 0 Å². The number of nitrogens with zero attached hydrogens (tertiary/aromatic N) is 1. The normalized spacial score (nSPS) is 20.7. The monoisotopic (exact) mass is 197 g/mol. The molecule has 4 heteroatoms. The van der Waals surface area contributed by atoms with E-state index in [0.29, 0.717) is 16.1 Å². The predicted octanol–water partition coefficient (Wildman–Crippen LogP) is 1.42. The average molecular weight is 198 g/mol. The molecule has 0 aromatic heterocycles. The minimum absolute atomic E-state index is 0.229. The Balaban J connectivity index is 2.66. The van der Waals surface area contributed by atoms with Gasteiger partial charge in [0.15, 0.2) is 6.23 Å². The Labute approximate surface area is 80.5 Å². The second-order valence-electron chi connectivity index (χ2n) is 2.99.